The maximum absolute atomic E-state index is 10.8. The molecule has 1 aromatic heterocycles. The first-order chi connectivity index (χ1) is 8.96. The van der Waals surface area contributed by atoms with Crippen LogP contribution in [-0.4, -0.2) is 21.6 Å². The van der Waals surface area contributed by atoms with Crippen molar-refractivity contribution < 1.29 is 9.90 Å². The number of nitrogens with one attached hydrogen (secondary N) is 1. The fourth-order valence-corrected chi connectivity index (χ4v) is 2.68. The predicted molar refractivity (Wildman–Crippen MR) is 77.5 cm³/mol. The molecule has 0 unspecified atom stereocenters. The van der Waals surface area contributed by atoms with Crippen LogP contribution in [0.2, 0.25) is 0 Å². The Bertz CT molecular complexity index is 564. The van der Waals surface area contributed by atoms with E-state index in [1.807, 2.05) is 49.6 Å². The molecule has 0 saturated heterocycles. The molecule has 0 aliphatic rings. The van der Waals surface area contributed by atoms with Crippen molar-refractivity contribution in [2.24, 2.45) is 0 Å². The Morgan fingerprint density at radius 1 is 1.37 bits per heavy atom. The summed E-state index contributed by atoms with van der Waals surface area (Å²) in [5, 5.41) is 14.7. The van der Waals surface area contributed by atoms with Gasteiger partial charge in [0.05, 0.1) is 12.1 Å². The van der Waals surface area contributed by atoms with E-state index in [2.05, 4.69) is 10.3 Å². The van der Waals surface area contributed by atoms with E-state index in [4.69, 9.17) is 5.11 Å². The van der Waals surface area contributed by atoms with Crippen LogP contribution in [0.15, 0.2) is 35.7 Å². The summed E-state index contributed by atoms with van der Waals surface area (Å²) in [6, 6.07) is 9.90. The van der Waals surface area contributed by atoms with Crippen LogP contribution < -0.4 is 5.32 Å². The first kappa shape index (κ1) is 13.5. The van der Waals surface area contributed by atoms with Crippen molar-refractivity contribution in [3.63, 3.8) is 0 Å². The highest BCUT2D eigenvalue weighted by Crippen LogP contribution is 2.27. The Morgan fingerprint density at radius 2 is 2.05 bits per heavy atom. The van der Waals surface area contributed by atoms with Crippen LogP contribution in [0.5, 0.6) is 0 Å². The van der Waals surface area contributed by atoms with Gasteiger partial charge in [-0.25, -0.2) is 4.98 Å². The van der Waals surface area contributed by atoms with Crippen LogP contribution in [0.25, 0.3) is 11.3 Å². The monoisotopic (exact) mass is 276 g/mol. The lowest BCUT2D eigenvalue weighted by molar-refractivity contribution is -0.137. The van der Waals surface area contributed by atoms with Crippen molar-refractivity contribution in [2.75, 3.05) is 5.32 Å². The van der Waals surface area contributed by atoms with Crippen LogP contribution in [0.1, 0.15) is 20.3 Å². The average Bonchev–Trinajstić information content (AvgIpc) is 2.76. The van der Waals surface area contributed by atoms with Gasteiger partial charge < -0.3 is 10.4 Å². The number of hydrogen-bond acceptors (Lipinski definition) is 4. The molecule has 4 nitrogen and oxygen atoms in total. The van der Waals surface area contributed by atoms with E-state index >= 15 is 0 Å². The fraction of sp³-hybridized carbons (Fsp3) is 0.286. The fourth-order valence-electron chi connectivity index (χ4n) is 1.78. The third kappa shape index (κ3) is 3.79. The molecule has 0 radical (unpaired) electrons. The molecule has 0 atom stereocenters. The summed E-state index contributed by atoms with van der Waals surface area (Å²) < 4.78 is 0. The zero-order valence-corrected chi connectivity index (χ0v) is 11.7. The van der Waals surface area contributed by atoms with Crippen LogP contribution in [0.3, 0.4) is 0 Å². The van der Waals surface area contributed by atoms with Gasteiger partial charge in [-0.1, -0.05) is 30.3 Å². The Balaban J connectivity index is 2.12. The number of aromatic nitrogens is 1. The molecule has 0 aliphatic carbocycles. The van der Waals surface area contributed by atoms with Gasteiger partial charge in [0.15, 0.2) is 5.13 Å². The number of nitrogens with zero attached hydrogens (tertiary/aromatic N) is 1. The number of anilines is 1. The molecule has 0 amide bonds. The second-order valence-electron chi connectivity index (χ2n) is 4.98. The van der Waals surface area contributed by atoms with Crippen molar-refractivity contribution in [1.29, 1.82) is 0 Å². The number of carbonyl (C=O) groups is 1. The summed E-state index contributed by atoms with van der Waals surface area (Å²) in [4.78, 5) is 15.3. The number of carboxylic acids is 1. The molecule has 5 heteroatoms. The molecule has 0 spiro atoms. The molecule has 0 fully saturated rings. The number of rotatable bonds is 5. The van der Waals surface area contributed by atoms with Crippen LogP contribution in [0.4, 0.5) is 5.13 Å². The molecule has 0 aliphatic heterocycles. The van der Waals surface area contributed by atoms with E-state index in [1.54, 1.807) is 0 Å². The summed E-state index contributed by atoms with van der Waals surface area (Å²) in [5.74, 6) is -0.822. The van der Waals surface area contributed by atoms with Gasteiger partial charge in [-0.3, -0.25) is 4.79 Å². The van der Waals surface area contributed by atoms with Crippen LogP contribution in [-0.2, 0) is 4.79 Å². The largest absolute Gasteiger partial charge is 0.481 e. The smallest absolute Gasteiger partial charge is 0.305 e. The van der Waals surface area contributed by atoms with Gasteiger partial charge in [0.25, 0.3) is 0 Å². The third-order valence-electron chi connectivity index (χ3n) is 2.61. The number of benzene rings is 1. The summed E-state index contributed by atoms with van der Waals surface area (Å²) in [5.41, 5.74) is 1.44. The number of aliphatic carboxylic acids is 1. The molecule has 1 heterocycles. The van der Waals surface area contributed by atoms with E-state index < -0.39 is 11.5 Å². The normalized spacial score (nSPS) is 11.3. The van der Waals surface area contributed by atoms with Gasteiger partial charge in [0, 0.05) is 16.5 Å². The minimum atomic E-state index is -0.822. The summed E-state index contributed by atoms with van der Waals surface area (Å²) in [6.45, 7) is 3.70. The second kappa shape index (κ2) is 5.40. The predicted octanol–water partition coefficient (Wildman–Crippen LogP) is 3.48. The van der Waals surface area contributed by atoms with Crippen LogP contribution >= 0.6 is 11.3 Å². The molecule has 2 N–H and O–H groups in total. The first-order valence-corrected chi connectivity index (χ1v) is 6.85. The molecule has 2 aromatic rings. The van der Waals surface area contributed by atoms with Crippen molar-refractivity contribution in [3.05, 3.63) is 35.7 Å². The third-order valence-corrected chi connectivity index (χ3v) is 3.37. The zero-order valence-electron chi connectivity index (χ0n) is 10.9. The molecular weight excluding hydrogens is 260 g/mol. The van der Waals surface area contributed by atoms with Crippen LogP contribution in [0, 0.1) is 0 Å². The van der Waals surface area contributed by atoms with E-state index in [0.29, 0.717) is 0 Å². The minimum Gasteiger partial charge on any atom is -0.481 e. The molecule has 0 bridgehead atoms. The lowest BCUT2D eigenvalue weighted by Crippen LogP contribution is -2.33. The van der Waals surface area contributed by atoms with Crippen molar-refractivity contribution >= 4 is 22.4 Å². The Morgan fingerprint density at radius 3 is 2.68 bits per heavy atom. The van der Waals surface area contributed by atoms with E-state index in [-0.39, 0.29) is 6.42 Å². The van der Waals surface area contributed by atoms with Crippen molar-refractivity contribution in [3.8, 4) is 11.3 Å². The lowest BCUT2D eigenvalue weighted by Gasteiger charge is -2.23. The maximum atomic E-state index is 10.8. The zero-order chi connectivity index (χ0) is 13.9. The highest BCUT2D eigenvalue weighted by atomic mass is 32.1. The Kier molecular flexibility index (Phi) is 3.85. The van der Waals surface area contributed by atoms with Gasteiger partial charge in [-0.15, -0.1) is 11.3 Å². The van der Waals surface area contributed by atoms with Gasteiger partial charge in [0.2, 0.25) is 0 Å². The molecule has 100 valence electrons. The lowest BCUT2D eigenvalue weighted by atomic mass is 10.0. The molecule has 19 heavy (non-hydrogen) atoms. The van der Waals surface area contributed by atoms with Crippen molar-refractivity contribution in [2.45, 2.75) is 25.8 Å². The molecular formula is C14H16N2O2S. The molecule has 1 aromatic carbocycles. The van der Waals surface area contributed by atoms with Gasteiger partial charge in [-0.2, -0.15) is 0 Å². The second-order valence-corrected chi connectivity index (χ2v) is 5.84. The maximum Gasteiger partial charge on any atom is 0.305 e. The summed E-state index contributed by atoms with van der Waals surface area (Å²) >= 11 is 1.48. The highest BCUT2D eigenvalue weighted by Gasteiger charge is 2.22. The average molecular weight is 276 g/mol. The van der Waals surface area contributed by atoms with E-state index in [1.165, 1.54) is 11.3 Å². The van der Waals surface area contributed by atoms with Gasteiger partial charge >= 0.3 is 5.97 Å². The molecule has 0 saturated carbocycles. The Labute approximate surface area is 116 Å². The summed E-state index contributed by atoms with van der Waals surface area (Å²) in [6.07, 6.45) is 0.0489. The van der Waals surface area contributed by atoms with Gasteiger partial charge in [-0.05, 0) is 13.8 Å². The standard InChI is InChI=1S/C14H16N2O2S/c1-14(2,8-12(17)18)16-13-15-11(9-19-13)10-6-4-3-5-7-10/h3-7,9H,8H2,1-2H3,(H,15,16)(H,17,18). The summed E-state index contributed by atoms with van der Waals surface area (Å²) in [7, 11) is 0. The van der Waals surface area contributed by atoms with Gasteiger partial charge in [0.1, 0.15) is 0 Å². The van der Waals surface area contributed by atoms with E-state index in [9.17, 15) is 4.79 Å². The SMILES string of the molecule is CC(C)(CC(=O)O)Nc1nc(-c2ccccc2)cs1. The van der Waals surface area contributed by atoms with E-state index in [0.717, 1.165) is 16.4 Å². The van der Waals surface area contributed by atoms with Crippen molar-refractivity contribution in [1.82, 2.24) is 4.98 Å². The topological polar surface area (TPSA) is 62.2 Å². The minimum absolute atomic E-state index is 0.0489. The first-order valence-electron chi connectivity index (χ1n) is 5.97. The Hall–Kier alpha value is -1.88. The molecule has 2 rings (SSSR count). The quantitative estimate of drug-likeness (QED) is 0.877. The number of carboxylic acid groups (broad SMARTS) is 1. The highest BCUT2D eigenvalue weighted by molar-refractivity contribution is 7.14. The number of thiazole rings is 1. The number of hydrogen-bond donors (Lipinski definition) is 2.